The Balaban J connectivity index is 1.57. The maximum Gasteiger partial charge on any atom is 0.0794 e. The molecule has 2 aliphatic heterocycles. The van der Waals surface area contributed by atoms with E-state index in [-0.39, 0.29) is 18.8 Å². The van der Waals surface area contributed by atoms with Gasteiger partial charge in [-0.05, 0) is 49.4 Å². The van der Waals surface area contributed by atoms with E-state index < -0.39 is 0 Å². The molecule has 1 fully saturated rings. The van der Waals surface area contributed by atoms with Gasteiger partial charge in [-0.2, -0.15) is 0 Å². The second-order valence-electron chi connectivity index (χ2n) is 7.28. The molecule has 3 rings (SSSR count). The normalized spacial score (nSPS) is 25.3. The lowest BCUT2D eigenvalue weighted by Gasteiger charge is -2.38. The molecule has 1 saturated heterocycles. The smallest absolute Gasteiger partial charge is 0.0794 e. The van der Waals surface area contributed by atoms with Crippen LogP contribution >= 0.6 is 0 Å². The number of nitrogens with zero attached hydrogens (tertiary/aromatic N) is 2. The summed E-state index contributed by atoms with van der Waals surface area (Å²) in [4.78, 5) is 4.64. The Morgan fingerprint density at radius 2 is 1.87 bits per heavy atom. The van der Waals surface area contributed by atoms with Crippen molar-refractivity contribution in [3.8, 4) is 0 Å². The summed E-state index contributed by atoms with van der Waals surface area (Å²) in [5.41, 5.74) is 2.56. The Kier molecular flexibility index (Phi) is 5.70. The largest absolute Gasteiger partial charge is 0.394 e. The van der Waals surface area contributed by atoms with E-state index in [4.69, 9.17) is 0 Å². The lowest BCUT2D eigenvalue weighted by atomic mass is 9.92. The predicted octanol–water partition coefficient (Wildman–Crippen LogP) is 1.67. The van der Waals surface area contributed by atoms with Gasteiger partial charge in [0.1, 0.15) is 0 Å². The zero-order valence-electron chi connectivity index (χ0n) is 14.2. The van der Waals surface area contributed by atoms with E-state index in [0.717, 1.165) is 38.5 Å². The first-order valence-electron chi connectivity index (χ1n) is 9.00. The topological polar surface area (TPSA) is 46.9 Å². The number of piperidine rings is 1. The van der Waals surface area contributed by atoms with Crippen molar-refractivity contribution in [2.45, 2.75) is 38.3 Å². The predicted molar refractivity (Wildman–Crippen MR) is 92.4 cm³/mol. The molecule has 128 valence electrons. The average molecular weight is 318 g/mol. The number of likely N-dealkylation sites (tertiary alicyclic amines) is 1. The summed E-state index contributed by atoms with van der Waals surface area (Å²) >= 11 is 0. The third-order valence-electron chi connectivity index (χ3n) is 5.49. The van der Waals surface area contributed by atoms with Crippen molar-refractivity contribution in [1.29, 1.82) is 0 Å². The molecule has 23 heavy (non-hydrogen) atoms. The molecule has 1 aromatic rings. The Morgan fingerprint density at radius 1 is 1.13 bits per heavy atom. The van der Waals surface area contributed by atoms with Crippen LogP contribution in [0.5, 0.6) is 0 Å². The lowest BCUT2D eigenvalue weighted by molar-refractivity contribution is 0.0313. The summed E-state index contributed by atoms with van der Waals surface area (Å²) in [7, 11) is 0. The number of hydrogen-bond donors (Lipinski definition) is 2. The third kappa shape index (κ3) is 4.13. The Bertz CT molecular complexity index is 500. The second kappa shape index (κ2) is 7.75. The molecule has 2 unspecified atom stereocenters. The quantitative estimate of drug-likeness (QED) is 0.867. The fraction of sp³-hybridized carbons (Fsp3) is 0.684. The van der Waals surface area contributed by atoms with Gasteiger partial charge < -0.3 is 15.1 Å². The van der Waals surface area contributed by atoms with Crippen LogP contribution in [0.1, 0.15) is 36.9 Å². The van der Waals surface area contributed by atoms with Gasteiger partial charge in [0.05, 0.1) is 18.8 Å². The van der Waals surface area contributed by atoms with Crippen LogP contribution in [0.4, 0.5) is 0 Å². The molecule has 2 heterocycles. The van der Waals surface area contributed by atoms with Crippen molar-refractivity contribution in [2.75, 3.05) is 39.3 Å². The van der Waals surface area contributed by atoms with Gasteiger partial charge in [0, 0.05) is 19.6 Å². The van der Waals surface area contributed by atoms with Crippen molar-refractivity contribution in [3.05, 3.63) is 35.4 Å². The first-order valence-corrected chi connectivity index (χ1v) is 9.00. The molecule has 2 N–H and O–H groups in total. The van der Waals surface area contributed by atoms with Crippen LogP contribution in [-0.2, 0) is 6.42 Å². The summed E-state index contributed by atoms with van der Waals surface area (Å²) in [6, 6.07) is 8.39. The maximum absolute atomic E-state index is 10.5. The Hall–Kier alpha value is -0.940. The summed E-state index contributed by atoms with van der Waals surface area (Å²) in [6.07, 6.45) is 3.13. The Morgan fingerprint density at radius 3 is 2.61 bits per heavy atom. The SMILES string of the molecule is CC1CCN(CC(O)CN2CCc3ccccc3C2CO)CC1. The minimum Gasteiger partial charge on any atom is -0.394 e. The van der Waals surface area contributed by atoms with Gasteiger partial charge in [0.15, 0.2) is 0 Å². The number of rotatable bonds is 5. The summed E-state index contributed by atoms with van der Waals surface area (Å²) in [6.45, 7) is 6.94. The van der Waals surface area contributed by atoms with E-state index in [1.54, 1.807) is 0 Å². The van der Waals surface area contributed by atoms with Crippen molar-refractivity contribution in [1.82, 2.24) is 9.80 Å². The van der Waals surface area contributed by atoms with Gasteiger partial charge in [-0.1, -0.05) is 31.2 Å². The van der Waals surface area contributed by atoms with Crippen LogP contribution < -0.4 is 0 Å². The minimum atomic E-state index is -0.345. The number of hydrogen-bond acceptors (Lipinski definition) is 4. The molecule has 2 aliphatic rings. The first kappa shape index (κ1) is 16.9. The summed E-state index contributed by atoms with van der Waals surface area (Å²) < 4.78 is 0. The maximum atomic E-state index is 10.5. The number of aliphatic hydroxyl groups is 2. The molecule has 0 saturated carbocycles. The number of benzene rings is 1. The molecular formula is C19H30N2O2. The molecule has 4 heteroatoms. The van der Waals surface area contributed by atoms with Gasteiger partial charge in [-0.15, -0.1) is 0 Å². The van der Waals surface area contributed by atoms with Crippen LogP contribution in [0.2, 0.25) is 0 Å². The molecule has 0 bridgehead atoms. The fourth-order valence-electron chi connectivity index (χ4n) is 4.01. The first-order chi connectivity index (χ1) is 11.2. The van der Waals surface area contributed by atoms with Gasteiger partial charge in [0.2, 0.25) is 0 Å². The van der Waals surface area contributed by atoms with Crippen molar-refractivity contribution in [2.24, 2.45) is 5.92 Å². The summed E-state index contributed by atoms with van der Waals surface area (Å²) in [5, 5.41) is 20.4. The fourth-order valence-corrected chi connectivity index (χ4v) is 4.01. The molecule has 0 spiro atoms. The van der Waals surface area contributed by atoms with E-state index in [1.165, 1.54) is 24.0 Å². The van der Waals surface area contributed by atoms with Gasteiger partial charge in [-0.25, -0.2) is 0 Å². The highest BCUT2D eigenvalue weighted by Gasteiger charge is 2.28. The van der Waals surface area contributed by atoms with E-state index in [0.29, 0.717) is 6.54 Å². The molecular weight excluding hydrogens is 288 g/mol. The van der Waals surface area contributed by atoms with E-state index in [2.05, 4.69) is 34.9 Å². The second-order valence-corrected chi connectivity index (χ2v) is 7.28. The molecule has 0 aromatic heterocycles. The Labute approximate surface area is 139 Å². The molecule has 0 radical (unpaired) electrons. The average Bonchev–Trinajstić information content (AvgIpc) is 2.57. The van der Waals surface area contributed by atoms with Gasteiger partial charge in [0.25, 0.3) is 0 Å². The van der Waals surface area contributed by atoms with E-state index >= 15 is 0 Å². The van der Waals surface area contributed by atoms with Crippen LogP contribution in [0.15, 0.2) is 24.3 Å². The molecule has 4 nitrogen and oxygen atoms in total. The van der Waals surface area contributed by atoms with Crippen LogP contribution in [0, 0.1) is 5.92 Å². The number of fused-ring (bicyclic) bond motifs is 1. The highest BCUT2D eigenvalue weighted by molar-refractivity contribution is 5.32. The van der Waals surface area contributed by atoms with Gasteiger partial charge in [-0.3, -0.25) is 4.90 Å². The van der Waals surface area contributed by atoms with Crippen molar-refractivity contribution in [3.63, 3.8) is 0 Å². The third-order valence-corrected chi connectivity index (χ3v) is 5.49. The number of aliphatic hydroxyl groups excluding tert-OH is 2. The zero-order valence-corrected chi connectivity index (χ0v) is 14.2. The van der Waals surface area contributed by atoms with Crippen molar-refractivity contribution < 1.29 is 10.2 Å². The van der Waals surface area contributed by atoms with Crippen LogP contribution in [0.25, 0.3) is 0 Å². The molecule has 0 amide bonds. The van der Waals surface area contributed by atoms with Crippen molar-refractivity contribution >= 4 is 0 Å². The number of β-amino-alcohol motifs (C(OH)–C–C–N with tert-alkyl or cyclic N) is 1. The minimum absolute atomic E-state index is 0.0241. The standard InChI is InChI=1S/C19H30N2O2/c1-15-6-9-20(10-7-15)12-17(23)13-21-11-8-16-4-2-3-5-18(16)19(21)14-22/h2-5,15,17,19,22-23H,6-14H2,1H3. The lowest BCUT2D eigenvalue weighted by Crippen LogP contribution is -2.46. The van der Waals surface area contributed by atoms with E-state index in [9.17, 15) is 10.2 Å². The molecule has 2 atom stereocenters. The zero-order chi connectivity index (χ0) is 16.2. The molecule has 1 aromatic carbocycles. The van der Waals surface area contributed by atoms with E-state index in [1.807, 2.05) is 6.07 Å². The highest BCUT2D eigenvalue weighted by Crippen LogP contribution is 2.29. The summed E-state index contributed by atoms with van der Waals surface area (Å²) in [5.74, 6) is 0.820. The monoisotopic (exact) mass is 318 g/mol. The van der Waals surface area contributed by atoms with Crippen LogP contribution in [0.3, 0.4) is 0 Å². The highest BCUT2D eigenvalue weighted by atomic mass is 16.3. The molecule has 0 aliphatic carbocycles. The van der Waals surface area contributed by atoms with Crippen LogP contribution in [-0.4, -0.2) is 65.4 Å². The van der Waals surface area contributed by atoms with Gasteiger partial charge >= 0.3 is 0 Å².